The summed E-state index contributed by atoms with van der Waals surface area (Å²) in [5.74, 6) is -2.45. The number of rotatable bonds is 3. The third kappa shape index (κ3) is 5.84. The number of benzene rings is 2. The van der Waals surface area contributed by atoms with E-state index in [1.165, 1.54) is 50.6 Å². The highest BCUT2D eigenvalue weighted by molar-refractivity contribution is 5.93. The van der Waals surface area contributed by atoms with E-state index in [2.05, 4.69) is 4.84 Å². The molecule has 23 heavy (non-hydrogen) atoms. The summed E-state index contributed by atoms with van der Waals surface area (Å²) in [5.41, 5.74) is 0.240. The molecule has 0 saturated heterocycles. The van der Waals surface area contributed by atoms with Crippen molar-refractivity contribution < 1.29 is 28.3 Å². The molecule has 0 atom stereocenters. The van der Waals surface area contributed by atoms with Crippen LogP contribution in [-0.4, -0.2) is 36.2 Å². The number of aromatic carboxylic acids is 1. The standard InChI is InChI=1S/C9H10FNO2.C7H5FO2/c1-11(13-2)9(12)7-4-3-5-8(10)6-7;8-6-3-1-2-5(4-6)7(9)10/h3-6H,1-2H3;1-4H,(H,9,10). The molecule has 0 heterocycles. The largest absolute Gasteiger partial charge is 0.478 e. The van der Waals surface area contributed by atoms with Crippen LogP contribution in [0.25, 0.3) is 0 Å². The Hall–Kier alpha value is -2.80. The zero-order valence-electron chi connectivity index (χ0n) is 12.5. The lowest BCUT2D eigenvalue weighted by molar-refractivity contribution is -0.0757. The van der Waals surface area contributed by atoms with Crippen molar-refractivity contribution in [3.63, 3.8) is 0 Å². The number of hydrogen-bond acceptors (Lipinski definition) is 3. The summed E-state index contributed by atoms with van der Waals surface area (Å²) >= 11 is 0. The van der Waals surface area contributed by atoms with E-state index in [1.54, 1.807) is 0 Å². The van der Waals surface area contributed by atoms with Gasteiger partial charge < -0.3 is 5.11 Å². The number of carboxylic acids is 1. The van der Waals surface area contributed by atoms with Gasteiger partial charge in [-0.3, -0.25) is 9.63 Å². The fraction of sp³-hybridized carbons (Fsp3) is 0.125. The first-order valence-corrected chi connectivity index (χ1v) is 6.41. The summed E-state index contributed by atoms with van der Waals surface area (Å²) in [5, 5.41) is 9.38. The van der Waals surface area contributed by atoms with Crippen LogP contribution in [0.1, 0.15) is 20.7 Å². The van der Waals surface area contributed by atoms with Gasteiger partial charge in [0.05, 0.1) is 12.7 Å². The van der Waals surface area contributed by atoms with Crippen LogP contribution in [0.2, 0.25) is 0 Å². The van der Waals surface area contributed by atoms with Crippen molar-refractivity contribution >= 4 is 11.9 Å². The van der Waals surface area contributed by atoms with Gasteiger partial charge in [0.1, 0.15) is 11.6 Å². The van der Waals surface area contributed by atoms with E-state index >= 15 is 0 Å². The van der Waals surface area contributed by atoms with Crippen molar-refractivity contribution in [1.82, 2.24) is 5.06 Å². The van der Waals surface area contributed by atoms with Crippen LogP contribution in [0.5, 0.6) is 0 Å². The van der Waals surface area contributed by atoms with Crippen LogP contribution >= 0.6 is 0 Å². The van der Waals surface area contributed by atoms with E-state index < -0.39 is 17.6 Å². The minimum atomic E-state index is -1.11. The Labute approximate surface area is 131 Å². The van der Waals surface area contributed by atoms with Crippen molar-refractivity contribution in [1.29, 1.82) is 0 Å². The average Bonchev–Trinajstić information content (AvgIpc) is 2.54. The normalized spacial score (nSPS) is 9.57. The molecular weight excluding hydrogens is 308 g/mol. The van der Waals surface area contributed by atoms with Crippen LogP contribution in [-0.2, 0) is 4.84 Å². The molecular formula is C16H15F2NO4. The lowest BCUT2D eigenvalue weighted by Gasteiger charge is -2.13. The van der Waals surface area contributed by atoms with Gasteiger partial charge in [-0.05, 0) is 36.4 Å². The first-order valence-electron chi connectivity index (χ1n) is 6.41. The molecule has 2 rings (SSSR count). The lowest BCUT2D eigenvalue weighted by Crippen LogP contribution is -2.25. The summed E-state index contributed by atoms with van der Waals surface area (Å²) in [4.78, 5) is 26.2. The second-order valence-electron chi connectivity index (χ2n) is 4.31. The molecule has 0 radical (unpaired) electrons. The summed E-state index contributed by atoms with van der Waals surface area (Å²) < 4.78 is 24.9. The van der Waals surface area contributed by atoms with Crippen molar-refractivity contribution in [2.24, 2.45) is 0 Å². The number of nitrogens with zero attached hydrogens (tertiary/aromatic N) is 1. The number of carboxylic acid groups (broad SMARTS) is 1. The van der Waals surface area contributed by atoms with Gasteiger partial charge in [0, 0.05) is 12.6 Å². The van der Waals surface area contributed by atoms with E-state index in [4.69, 9.17) is 5.11 Å². The maximum Gasteiger partial charge on any atom is 0.335 e. The summed E-state index contributed by atoms with van der Waals surface area (Å²) in [6.45, 7) is 0. The zero-order chi connectivity index (χ0) is 17.4. The van der Waals surface area contributed by atoms with Gasteiger partial charge in [-0.15, -0.1) is 0 Å². The minimum Gasteiger partial charge on any atom is -0.478 e. The zero-order valence-corrected chi connectivity index (χ0v) is 12.5. The number of halogens is 2. The Balaban J connectivity index is 0.000000238. The Morgan fingerprint density at radius 3 is 1.87 bits per heavy atom. The highest BCUT2D eigenvalue weighted by Gasteiger charge is 2.10. The van der Waals surface area contributed by atoms with E-state index in [9.17, 15) is 18.4 Å². The Kier molecular flexibility index (Phi) is 6.82. The SMILES string of the molecule is CON(C)C(=O)c1cccc(F)c1.O=C(O)c1cccc(F)c1. The Bertz CT molecular complexity index is 691. The van der Waals surface area contributed by atoms with E-state index in [1.807, 2.05) is 0 Å². The number of hydrogen-bond donors (Lipinski definition) is 1. The van der Waals surface area contributed by atoms with Crippen LogP contribution < -0.4 is 0 Å². The average molecular weight is 323 g/mol. The number of amides is 1. The molecule has 2 aromatic rings. The second kappa shape index (κ2) is 8.60. The monoisotopic (exact) mass is 323 g/mol. The lowest BCUT2D eigenvalue weighted by atomic mass is 10.2. The Morgan fingerprint density at radius 1 is 1.00 bits per heavy atom. The molecule has 7 heteroatoms. The maximum absolute atomic E-state index is 12.7. The third-order valence-corrected chi connectivity index (χ3v) is 2.70. The molecule has 1 N–H and O–H groups in total. The third-order valence-electron chi connectivity index (χ3n) is 2.70. The van der Waals surface area contributed by atoms with Crippen LogP contribution in [0.4, 0.5) is 8.78 Å². The van der Waals surface area contributed by atoms with E-state index in [0.29, 0.717) is 0 Å². The Morgan fingerprint density at radius 2 is 1.48 bits per heavy atom. The molecule has 5 nitrogen and oxygen atoms in total. The minimum absolute atomic E-state index is 0.0278. The molecule has 0 aliphatic carbocycles. The molecule has 1 amide bonds. The van der Waals surface area contributed by atoms with Gasteiger partial charge >= 0.3 is 5.97 Å². The second-order valence-corrected chi connectivity index (χ2v) is 4.31. The van der Waals surface area contributed by atoms with Crippen LogP contribution in [0.15, 0.2) is 48.5 Å². The highest BCUT2D eigenvalue weighted by Crippen LogP contribution is 2.06. The predicted octanol–water partition coefficient (Wildman–Crippen LogP) is 2.98. The predicted molar refractivity (Wildman–Crippen MR) is 78.9 cm³/mol. The number of carbonyl (C=O) groups excluding carboxylic acids is 1. The van der Waals surface area contributed by atoms with Crippen LogP contribution in [0, 0.1) is 11.6 Å². The molecule has 122 valence electrons. The van der Waals surface area contributed by atoms with E-state index in [0.717, 1.165) is 17.2 Å². The molecule has 0 spiro atoms. The maximum atomic E-state index is 12.7. The molecule has 2 aromatic carbocycles. The first kappa shape index (κ1) is 18.2. The van der Waals surface area contributed by atoms with Gasteiger partial charge in [-0.25, -0.2) is 18.6 Å². The van der Waals surface area contributed by atoms with Crippen molar-refractivity contribution in [2.75, 3.05) is 14.2 Å². The molecule has 0 aromatic heterocycles. The van der Waals surface area contributed by atoms with Gasteiger partial charge in [0.25, 0.3) is 5.91 Å². The number of carbonyl (C=O) groups is 2. The molecule has 0 fully saturated rings. The molecule has 0 unspecified atom stereocenters. The fourth-order valence-electron chi connectivity index (χ4n) is 1.51. The summed E-state index contributed by atoms with van der Waals surface area (Å²) in [6, 6.07) is 10.3. The fourth-order valence-corrected chi connectivity index (χ4v) is 1.51. The summed E-state index contributed by atoms with van der Waals surface area (Å²) in [6.07, 6.45) is 0. The van der Waals surface area contributed by atoms with Gasteiger partial charge in [-0.1, -0.05) is 12.1 Å². The van der Waals surface area contributed by atoms with Crippen molar-refractivity contribution in [3.05, 3.63) is 71.3 Å². The van der Waals surface area contributed by atoms with E-state index in [-0.39, 0.29) is 17.0 Å². The number of hydroxylamine groups is 2. The highest BCUT2D eigenvalue weighted by atomic mass is 19.1. The quantitative estimate of drug-likeness (QED) is 0.882. The van der Waals surface area contributed by atoms with Gasteiger partial charge in [-0.2, -0.15) is 0 Å². The van der Waals surface area contributed by atoms with Crippen LogP contribution in [0.3, 0.4) is 0 Å². The summed E-state index contributed by atoms with van der Waals surface area (Å²) in [7, 11) is 2.84. The molecule has 0 aliphatic heterocycles. The van der Waals surface area contributed by atoms with Gasteiger partial charge in [0.2, 0.25) is 0 Å². The first-order chi connectivity index (χ1) is 10.8. The molecule has 0 bridgehead atoms. The molecule has 0 aliphatic rings. The van der Waals surface area contributed by atoms with Crippen molar-refractivity contribution in [3.8, 4) is 0 Å². The smallest absolute Gasteiger partial charge is 0.335 e. The van der Waals surface area contributed by atoms with Gasteiger partial charge in [0.15, 0.2) is 0 Å². The van der Waals surface area contributed by atoms with Crippen molar-refractivity contribution in [2.45, 2.75) is 0 Å². The molecule has 0 saturated carbocycles. The topological polar surface area (TPSA) is 66.8 Å².